The van der Waals surface area contributed by atoms with E-state index in [1.165, 1.54) is 12.3 Å². The zero-order chi connectivity index (χ0) is 21.9. The molecule has 30 heavy (non-hydrogen) atoms. The highest BCUT2D eigenvalue weighted by atomic mass is 16.6. The Kier molecular flexibility index (Phi) is 6.32. The molecule has 0 atom stereocenters. The van der Waals surface area contributed by atoms with Crippen molar-refractivity contribution in [1.29, 1.82) is 0 Å². The average Bonchev–Trinajstić information content (AvgIpc) is 2.61. The molecule has 0 aliphatic carbocycles. The molecule has 10 nitrogen and oxygen atoms in total. The highest BCUT2D eigenvalue weighted by Crippen LogP contribution is 2.22. The molecule has 2 aromatic rings. The Morgan fingerprint density at radius 3 is 1.77 bits per heavy atom. The van der Waals surface area contributed by atoms with Gasteiger partial charge in [0.1, 0.15) is 6.20 Å². The van der Waals surface area contributed by atoms with E-state index in [0.29, 0.717) is 25.3 Å². The Bertz CT molecular complexity index is 854. The third kappa shape index (κ3) is 6.17. The van der Waals surface area contributed by atoms with Gasteiger partial charge in [0.05, 0.1) is 39.4 Å². The summed E-state index contributed by atoms with van der Waals surface area (Å²) in [4.78, 5) is 22.3. The van der Waals surface area contributed by atoms with Crippen LogP contribution in [0.5, 0.6) is 0 Å². The molecule has 0 unspecified atom stereocenters. The van der Waals surface area contributed by atoms with Crippen LogP contribution in [-0.4, -0.2) is 72.3 Å². The number of hydrogen-bond acceptors (Lipinski definition) is 9. The third-order valence-corrected chi connectivity index (χ3v) is 4.90. The van der Waals surface area contributed by atoms with Gasteiger partial charge in [-0.05, 0) is 32.0 Å². The van der Waals surface area contributed by atoms with E-state index in [0.717, 1.165) is 31.0 Å². The van der Waals surface area contributed by atoms with Gasteiger partial charge < -0.3 is 15.9 Å². The molecule has 2 aromatic heterocycles. The van der Waals surface area contributed by atoms with Gasteiger partial charge in [0.15, 0.2) is 0 Å². The molecule has 0 radical (unpaired) electrons. The summed E-state index contributed by atoms with van der Waals surface area (Å²) in [6, 6.07) is 6.86. The van der Waals surface area contributed by atoms with Crippen molar-refractivity contribution >= 4 is 11.4 Å². The van der Waals surface area contributed by atoms with Gasteiger partial charge in [-0.2, -0.15) is 0 Å². The minimum atomic E-state index is -0.596. The topological polar surface area (TPSA) is 142 Å². The number of pyridine rings is 2. The molecule has 2 aliphatic rings. The number of nitrogen functional groups attached to an aromatic ring is 1. The first-order valence-corrected chi connectivity index (χ1v) is 9.71. The molecule has 0 amide bonds. The van der Waals surface area contributed by atoms with Crippen LogP contribution in [-0.2, 0) is 13.1 Å². The van der Waals surface area contributed by atoms with E-state index in [1.807, 2.05) is 24.0 Å². The molecule has 4 rings (SSSR count). The van der Waals surface area contributed by atoms with Gasteiger partial charge in [0.2, 0.25) is 0 Å². The Morgan fingerprint density at radius 1 is 0.967 bits per heavy atom. The summed E-state index contributed by atoms with van der Waals surface area (Å²) in [6.45, 7) is 7.71. The number of β-amino-alcohol motifs (C(OH)–C–C–N with tert-alkyl or cyclic N) is 2. The van der Waals surface area contributed by atoms with Crippen LogP contribution in [0.3, 0.4) is 0 Å². The smallest absolute Gasteiger partial charge is 0.287 e. The van der Waals surface area contributed by atoms with Crippen molar-refractivity contribution in [3.8, 4) is 0 Å². The summed E-state index contributed by atoms with van der Waals surface area (Å²) in [6.07, 6.45) is 2.92. The van der Waals surface area contributed by atoms with Gasteiger partial charge in [-0.15, -0.1) is 0 Å². The first-order chi connectivity index (χ1) is 14.0. The van der Waals surface area contributed by atoms with E-state index in [2.05, 4.69) is 14.9 Å². The fraction of sp³-hybridized carbons (Fsp3) is 0.500. The number of rotatable bonds is 5. The molecule has 2 saturated heterocycles. The van der Waals surface area contributed by atoms with Gasteiger partial charge in [-0.25, -0.2) is 0 Å². The lowest BCUT2D eigenvalue weighted by Crippen LogP contribution is -2.59. The Labute approximate surface area is 175 Å². The number of hydrogen-bond donors (Lipinski definition) is 3. The minimum Gasteiger partial charge on any atom is -0.397 e. The first kappa shape index (κ1) is 22.0. The predicted molar refractivity (Wildman–Crippen MR) is 111 cm³/mol. The van der Waals surface area contributed by atoms with Gasteiger partial charge in [0, 0.05) is 45.3 Å². The lowest BCUT2D eigenvalue weighted by molar-refractivity contribution is -0.385. The van der Waals surface area contributed by atoms with Crippen LogP contribution in [0.4, 0.5) is 11.4 Å². The van der Waals surface area contributed by atoms with Crippen LogP contribution in [0.2, 0.25) is 0 Å². The summed E-state index contributed by atoms with van der Waals surface area (Å²) in [7, 11) is 0. The highest BCUT2D eigenvalue weighted by molar-refractivity contribution is 5.34. The standard InChI is InChI=1S/C10H13N3O3.C10H15N3O/c1-10(14)6-12(7-10)5-8-2-3-9(4-11-8)13(15)16;1-10(14)6-13(7-10)5-9-3-2-8(11)4-12-9/h2-4,14H,5-7H2,1H3;2-4,14H,5-7,11H2,1H3. The zero-order valence-electron chi connectivity index (χ0n) is 17.2. The SMILES string of the molecule is CC1(O)CN(Cc2ccc(N)cn2)C1.CC1(O)CN(Cc2ccc([N+](=O)[O-])cn2)C1. The molecule has 0 aromatic carbocycles. The highest BCUT2D eigenvalue weighted by Gasteiger charge is 2.37. The van der Waals surface area contributed by atoms with Gasteiger partial charge in [-0.1, -0.05) is 0 Å². The molecule has 4 N–H and O–H groups in total. The monoisotopic (exact) mass is 416 g/mol. The lowest BCUT2D eigenvalue weighted by Gasteiger charge is -2.44. The summed E-state index contributed by atoms with van der Waals surface area (Å²) >= 11 is 0. The molecule has 2 fully saturated rings. The zero-order valence-corrected chi connectivity index (χ0v) is 17.2. The van der Waals surface area contributed by atoms with Crippen LogP contribution in [0, 0.1) is 10.1 Å². The number of likely N-dealkylation sites (tertiary alicyclic amines) is 2. The fourth-order valence-electron chi connectivity index (χ4n) is 3.66. The van der Waals surface area contributed by atoms with Crippen LogP contribution >= 0.6 is 0 Å². The average molecular weight is 416 g/mol. The number of nitro groups is 1. The van der Waals surface area contributed by atoms with Crippen molar-refractivity contribution in [2.75, 3.05) is 31.9 Å². The maximum atomic E-state index is 10.4. The van der Waals surface area contributed by atoms with Crippen molar-refractivity contribution in [2.24, 2.45) is 0 Å². The molecule has 0 saturated carbocycles. The van der Waals surface area contributed by atoms with E-state index in [-0.39, 0.29) is 5.69 Å². The number of nitrogens with zero attached hydrogens (tertiary/aromatic N) is 5. The maximum absolute atomic E-state index is 10.4. The predicted octanol–water partition coefficient (Wildman–Crippen LogP) is 0.787. The maximum Gasteiger partial charge on any atom is 0.287 e. The largest absolute Gasteiger partial charge is 0.397 e. The lowest BCUT2D eigenvalue weighted by atomic mass is 9.97. The summed E-state index contributed by atoms with van der Waals surface area (Å²) in [5.74, 6) is 0. The summed E-state index contributed by atoms with van der Waals surface area (Å²) < 4.78 is 0. The Morgan fingerprint density at radius 2 is 1.43 bits per heavy atom. The van der Waals surface area contributed by atoms with E-state index < -0.39 is 16.1 Å². The van der Waals surface area contributed by atoms with Gasteiger partial charge >= 0.3 is 0 Å². The first-order valence-electron chi connectivity index (χ1n) is 9.71. The van der Waals surface area contributed by atoms with Crippen molar-refractivity contribution in [3.05, 3.63) is 58.2 Å². The molecule has 162 valence electrons. The van der Waals surface area contributed by atoms with Crippen LogP contribution in [0.1, 0.15) is 25.2 Å². The molecule has 0 spiro atoms. The van der Waals surface area contributed by atoms with Crippen molar-refractivity contribution in [3.63, 3.8) is 0 Å². The summed E-state index contributed by atoms with van der Waals surface area (Å²) in [5.41, 5.74) is 6.89. The van der Waals surface area contributed by atoms with E-state index in [4.69, 9.17) is 5.73 Å². The molecule has 4 heterocycles. The van der Waals surface area contributed by atoms with Crippen molar-refractivity contribution in [2.45, 2.75) is 38.1 Å². The number of aliphatic hydroxyl groups is 2. The fourth-order valence-corrected chi connectivity index (χ4v) is 3.66. The molecule has 2 aliphatic heterocycles. The normalized spacial score (nSPS) is 19.7. The van der Waals surface area contributed by atoms with Crippen molar-refractivity contribution in [1.82, 2.24) is 19.8 Å². The Balaban J connectivity index is 0.000000172. The number of aromatic nitrogens is 2. The van der Waals surface area contributed by atoms with Crippen LogP contribution < -0.4 is 5.73 Å². The second-order valence-corrected chi connectivity index (χ2v) is 8.63. The summed E-state index contributed by atoms with van der Waals surface area (Å²) in [5, 5.41) is 29.5. The molecule has 0 bridgehead atoms. The van der Waals surface area contributed by atoms with Crippen LogP contribution in [0.15, 0.2) is 36.7 Å². The van der Waals surface area contributed by atoms with Gasteiger partial charge in [0.25, 0.3) is 5.69 Å². The van der Waals surface area contributed by atoms with E-state index in [9.17, 15) is 20.3 Å². The third-order valence-electron chi connectivity index (χ3n) is 4.90. The number of anilines is 1. The quantitative estimate of drug-likeness (QED) is 0.476. The Hall–Kier alpha value is -2.66. The minimum absolute atomic E-state index is 0.000596. The molecule has 10 heteroatoms. The number of nitrogens with two attached hydrogens (primary N) is 1. The van der Waals surface area contributed by atoms with Crippen molar-refractivity contribution < 1.29 is 15.1 Å². The van der Waals surface area contributed by atoms with E-state index >= 15 is 0 Å². The van der Waals surface area contributed by atoms with E-state index in [1.54, 1.807) is 19.2 Å². The molecular weight excluding hydrogens is 388 g/mol. The second-order valence-electron chi connectivity index (χ2n) is 8.63. The van der Waals surface area contributed by atoms with Gasteiger partial charge in [-0.3, -0.25) is 29.9 Å². The van der Waals surface area contributed by atoms with Crippen LogP contribution in [0.25, 0.3) is 0 Å². The second kappa shape index (κ2) is 8.60. The molecular formula is C20H28N6O4.